The molecule has 1 aliphatic rings. The van der Waals surface area contributed by atoms with Gasteiger partial charge in [0.25, 0.3) is 0 Å². The molecule has 2 nitrogen and oxygen atoms in total. The second-order valence-electron chi connectivity index (χ2n) is 3.07. The molecule has 0 aromatic carbocycles. The van der Waals surface area contributed by atoms with E-state index in [-0.39, 0.29) is 6.42 Å². The summed E-state index contributed by atoms with van der Waals surface area (Å²) in [4.78, 5) is 11.6. The van der Waals surface area contributed by atoms with E-state index in [0.29, 0.717) is 0 Å². The average molecular weight is 198 g/mol. The van der Waals surface area contributed by atoms with Crippen molar-refractivity contribution in [3.05, 3.63) is 22.6 Å². The lowest BCUT2D eigenvalue weighted by Gasteiger charge is -2.11. The zero-order valence-electron chi connectivity index (χ0n) is 7.75. The van der Waals surface area contributed by atoms with Gasteiger partial charge in [0.15, 0.2) is 0 Å². The molecule has 0 amide bonds. The largest absolute Gasteiger partial charge is 0.481 e. The number of thioether (sulfide) groups is 1. The van der Waals surface area contributed by atoms with E-state index in [1.807, 2.05) is 11.8 Å². The van der Waals surface area contributed by atoms with Gasteiger partial charge in [-0.2, -0.15) is 0 Å². The number of hydrogen-bond donors (Lipinski definition) is 1. The first-order valence-corrected chi connectivity index (χ1v) is 5.39. The molecule has 0 bridgehead atoms. The summed E-state index contributed by atoms with van der Waals surface area (Å²) in [6.45, 7) is 2.08. The Labute approximate surface area is 82.7 Å². The molecule has 0 fully saturated rings. The van der Waals surface area contributed by atoms with Crippen LogP contribution < -0.4 is 0 Å². The summed E-state index contributed by atoms with van der Waals surface area (Å²) < 4.78 is 0. The molecular formula is C10H14O2S. The minimum Gasteiger partial charge on any atom is -0.481 e. The maximum absolute atomic E-state index is 10.3. The molecule has 0 aliphatic carbocycles. The number of carbonyl (C=O) groups is 1. The van der Waals surface area contributed by atoms with Gasteiger partial charge in [-0.3, -0.25) is 4.79 Å². The maximum Gasteiger partial charge on any atom is 0.303 e. The first kappa shape index (κ1) is 10.4. The van der Waals surface area contributed by atoms with Crippen LogP contribution in [0.4, 0.5) is 0 Å². The van der Waals surface area contributed by atoms with Crippen molar-refractivity contribution in [1.29, 1.82) is 0 Å². The highest BCUT2D eigenvalue weighted by atomic mass is 32.2. The number of hydrogen-bond acceptors (Lipinski definition) is 2. The van der Waals surface area contributed by atoms with E-state index >= 15 is 0 Å². The fourth-order valence-electron chi connectivity index (χ4n) is 1.25. The number of carboxylic acids is 1. The summed E-state index contributed by atoms with van der Waals surface area (Å²) in [6, 6.07) is 0. The minimum atomic E-state index is -0.699. The molecule has 1 aliphatic heterocycles. The van der Waals surface area contributed by atoms with Gasteiger partial charge < -0.3 is 5.11 Å². The van der Waals surface area contributed by atoms with E-state index in [2.05, 4.69) is 19.1 Å². The third-order valence-electron chi connectivity index (χ3n) is 1.96. The molecule has 0 saturated heterocycles. The van der Waals surface area contributed by atoms with E-state index in [4.69, 9.17) is 5.11 Å². The lowest BCUT2D eigenvalue weighted by atomic mass is 10.1. The molecule has 1 heterocycles. The predicted octanol–water partition coefficient (Wildman–Crippen LogP) is 2.82. The van der Waals surface area contributed by atoms with Crippen molar-refractivity contribution < 1.29 is 9.90 Å². The van der Waals surface area contributed by atoms with Crippen LogP contribution in [0.15, 0.2) is 22.6 Å². The predicted molar refractivity (Wildman–Crippen MR) is 55.8 cm³/mol. The topological polar surface area (TPSA) is 37.3 Å². The van der Waals surface area contributed by atoms with Crippen LogP contribution in [0.2, 0.25) is 0 Å². The zero-order valence-corrected chi connectivity index (χ0v) is 8.56. The maximum atomic E-state index is 10.3. The highest BCUT2D eigenvalue weighted by Crippen LogP contribution is 2.29. The minimum absolute atomic E-state index is 0.279. The van der Waals surface area contributed by atoms with Gasteiger partial charge in [0.2, 0.25) is 0 Å². The molecule has 0 unspecified atom stereocenters. The van der Waals surface area contributed by atoms with E-state index in [1.165, 1.54) is 10.5 Å². The van der Waals surface area contributed by atoms with E-state index < -0.39 is 5.97 Å². The standard InChI is InChI=1S/C10H14O2S/c1-8-4-3-7-13-9(8)5-2-6-10(11)12/h3-4H,2,5-7H2,1H3,(H,11,12). The fourth-order valence-corrected chi connectivity index (χ4v) is 2.23. The number of rotatable bonds is 4. The van der Waals surface area contributed by atoms with Gasteiger partial charge in [-0.1, -0.05) is 12.2 Å². The number of aliphatic carboxylic acids is 1. The first-order valence-electron chi connectivity index (χ1n) is 4.41. The highest BCUT2D eigenvalue weighted by molar-refractivity contribution is 8.03. The van der Waals surface area contributed by atoms with Crippen molar-refractivity contribution in [3.63, 3.8) is 0 Å². The van der Waals surface area contributed by atoms with Crippen LogP contribution in [0.25, 0.3) is 0 Å². The third kappa shape index (κ3) is 3.68. The molecule has 3 heteroatoms. The average Bonchev–Trinajstić information content (AvgIpc) is 2.08. The SMILES string of the molecule is CC1=C(CCCC(=O)O)SCC=C1. The van der Waals surface area contributed by atoms with Gasteiger partial charge in [-0.25, -0.2) is 0 Å². The first-order chi connectivity index (χ1) is 6.20. The van der Waals surface area contributed by atoms with E-state index in [1.54, 1.807) is 0 Å². The summed E-state index contributed by atoms with van der Waals surface area (Å²) in [5.74, 6) is 0.328. The molecule has 72 valence electrons. The van der Waals surface area contributed by atoms with E-state index in [0.717, 1.165) is 18.6 Å². The fraction of sp³-hybridized carbons (Fsp3) is 0.500. The second-order valence-corrected chi connectivity index (χ2v) is 4.18. The van der Waals surface area contributed by atoms with Crippen LogP contribution in [0, 0.1) is 0 Å². The van der Waals surface area contributed by atoms with E-state index in [9.17, 15) is 4.79 Å². The van der Waals surface area contributed by atoms with Gasteiger partial charge in [-0.05, 0) is 30.2 Å². The van der Waals surface area contributed by atoms with Crippen molar-refractivity contribution in [2.45, 2.75) is 26.2 Å². The smallest absolute Gasteiger partial charge is 0.303 e. The van der Waals surface area contributed by atoms with Gasteiger partial charge in [-0.15, -0.1) is 11.8 Å². The van der Waals surface area contributed by atoms with Crippen molar-refractivity contribution >= 4 is 17.7 Å². The molecule has 0 radical (unpaired) electrons. The molecule has 1 rings (SSSR count). The van der Waals surface area contributed by atoms with Crippen LogP contribution in [0.1, 0.15) is 26.2 Å². The lowest BCUT2D eigenvalue weighted by Crippen LogP contribution is -1.96. The van der Waals surface area contributed by atoms with Crippen molar-refractivity contribution in [2.75, 3.05) is 5.75 Å². The summed E-state index contributed by atoms with van der Waals surface area (Å²) in [7, 11) is 0. The molecule has 0 atom stereocenters. The monoisotopic (exact) mass is 198 g/mol. The molecule has 13 heavy (non-hydrogen) atoms. The molecule has 0 spiro atoms. The lowest BCUT2D eigenvalue weighted by molar-refractivity contribution is -0.137. The Bertz CT molecular complexity index is 254. The Kier molecular flexibility index (Phi) is 4.09. The Morgan fingerprint density at radius 3 is 3.08 bits per heavy atom. The molecule has 0 aromatic rings. The second kappa shape index (κ2) is 5.12. The highest BCUT2D eigenvalue weighted by Gasteiger charge is 2.06. The quantitative estimate of drug-likeness (QED) is 0.754. The summed E-state index contributed by atoms with van der Waals surface area (Å²) >= 11 is 1.82. The molecule has 1 N–H and O–H groups in total. The van der Waals surface area contributed by atoms with Gasteiger partial charge in [0, 0.05) is 12.2 Å². The Morgan fingerprint density at radius 1 is 1.69 bits per heavy atom. The Morgan fingerprint density at radius 2 is 2.46 bits per heavy atom. The van der Waals surface area contributed by atoms with Gasteiger partial charge >= 0.3 is 5.97 Å². The van der Waals surface area contributed by atoms with Crippen LogP contribution >= 0.6 is 11.8 Å². The van der Waals surface area contributed by atoms with Gasteiger partial charge in [0.05, 0.1) is 0 Å². The van der Waals surface area contributed by atoms with Crippen LogP contribution in [0.5, 0.6) is 0 Å². The number of carboxylic acid groups (broad SMARTS) is 1. The summed E-state index contributed by atoms with van der Waals surface area (Å²) in [5, 5.41) is 8.47. The number of allylic oxidation sites excluding steroid dienone is 3. The van der Waals surface area contributed by atoms with Crippen LogP contribution in [-0.4, -0.2) is 16.8 Å². The van der Waals surface area contributed by atoms with Crippen LogP contribution in [-0.2, 0) is 4.79 Å². The third-order valence-corrected chi connectivity index (χ3v) is 3.19. The van der Waals surface area contributed by atoms with Crippen LogP contribution in [0.3, 0.4) is 0 Å². The Hall–Kier alpha value is -0.700. The molecular weight excluding hydrogens is 184 g/mol. The Balaban J connectivity index is 2.35. The summed E-state index contributed by atoms with van der Waals surface area (Å²) in [6.07, 6.45) is 6.20. The zero-order chi connectivity index (χ0) is 9.68. The van der Waals surface area contributed by atoms with Crippen molar-refractivity contribution in [3.8, 4) is 0 Å². The molecule has 0 aromatic heterocycles. The summed E-state index contributed by atoms with van der Waals surface area (Å²) in [5.41, 5.74) is 1.29. The normalized spacial score (nSPS) is 16.4. The molecule has 0 saturated carbocycles. The van der Waals surface area contributed by atoms with Crippen molar-refractivity contribution in [1.82, 2.24) is 0 Å². The van der Waals surface area contributed by atoms with Gasteiger partial charge in [0.1, 0.15) is 0 Å². The van der Waals surface area contributed by atoms with Crippen molar-refractivity contribution in [2.24, 2.45) is 0 Å².